The van der Waals surface area contributed by atoms with Gasteiger partial charge in [-0.1, -0.05) is 0 Å². The quantitative estimate of drug-likeness (QED) is 0.690. The first-order valence-corrected chi connectivity index (χ1v) is 4.42. The molecule has 7 heteroatoms. The minimum atomic E-state index is -0.403. The normalized spacial score (nSPS) is 20.3. The molecule has 0 radical (unpaired) electrons. The number of alkyl carbamates (subject to hydrolysis) is 1. The van der Waals surface area contributed by atoms with Gasteiger partial charge in [-0.2, -0.15) is 10.3 Å². The Kier molecular flexibility index (Phi) is 1.58. The van der Waals surface area contributed by atoms with Crippen LogP contribution in [0.15, 0.2) is 12.3 Å². The zero-order valence-corrected chi connectivity index (χ0v) is 7.60. The summed E-state index contributed by atoms with van der Waals surface area (Å²) in [4.78, 5) is 15.0. The van der Waals surface area contributed by atoms with Gasteiger partial charge in [0.2, 0.25) is 5.65 Å². The maximum atomic E-state index is 10.9. The van der Waals surface area contributed by atoms with Crippen LogP contribution in [0.3, 0.4) is 0 Å². The molecule has 1 aliphatic rings. The Bertz CT molecular complexity index is 522. The first-order chi connectivity index (χ1) is 7.33. The van der Waals surface area contributed by atoms with Crippen LogP contribution in [0, 0.1) is 0 Å². The Labute approximate surface area is 83.8 Å². The second kappa shape index (κ2) is 2.91. The van der Waals surface area contributed by atoms with Crippen molar-refractivity contribution >= 4 is 17.3 Å². The average molecular weight is 205 g/mol. The van der Waals surface area contributed by atoms with Gasteiger partial charge in [0.05, 0.1) is 6.04 Å². The standard InChI is InChI=1S/C8H7N5O2/c14-8-10-6(3-15-8)4-1-5-7(9-2-4)12-13-11-5/h1-2,6H,3H2,(H,10,14)(H,9,11,12,13). The summed E-state index contributed by atoms with van der Waals surface area (Å²) in [6, 6.07) is 1.68. The van der Waals surface area contributed by atoms with Crippen LogP contribution in [0.5, 0.6) is 0 Å². The number of aromatic amines is 1. The van der Waals surface area contributed by atoms with Crippen LogP contribution in [0.1, 0.15) is 11.6 Å². The maximum Gasteiger partial charge on any atom is 0.407 e. The molecule has 1 unspecified atom stereocenters. The van der Waals surface area contributed by atoms with E-state index in [0.717, 1.165) is 5.56 Å². The number of rotatable bonds is 1. The minimum Gasteiger partial charge on any atom is -0.447 e. The number of amides is 1. The van der Waals surface area contributed by atoms with E-state index < -0.39 is 6.09 Å². The van der Waals surface area contributed by atoms with Crippen LogP contribution in [0.25, 0.3) is 11.2 Å². The lowest BCUT2D eigenvalue weighted by molar-refractivity contribution is 0.177. The van der Waals surface area contributed by atoms with Gasteiger partial charge in [0.15, 0.2) is 0 Å². The maximum absolute atomic E-state index is 10.9. The summed E-state index contributed by atoms with van der Waals surface area (Å²) >= 11 is 0. The largest absolute Gasteiger partial charge is 0.447 e. The molecule has 2 aromatic heterocycles. The van der Waals surface area contributed by atoms with Crippen molar-refractivity contribution in [1.82, 2.24) is 25.7 Å². The summed E-state index contributed by atoms with van der Waals surface area (Å²) < 4.78 is 4.79. The zero-order chi connectivity index (χ0) is 10.3. The summed E-state index contributed by atoms with van der Waals surface area (Å²) in [5.74, 6) is 0. The van der Waals surface area contributed by atoms with Crippen molar-refractivity contribution in [1.29, 1.82) is 0 Å². The monoisotopic (exact) mass is 205 g/mol. The lowest BCUT2D eigenvalue weighted by Crippen LogP contribution is -2.18. The highest BCUT2D eigenvalue weighted by atomic mass is 16.6. The number of carbonyl (C=O) groups is 1. The third kappa shape index (κ3) is 1.28. The Morgan fingerprint density at radius 2 is 2.40 bits per heavy atom. The lowest BCUT2D eigenvalue weighted by Gasteiger charge is -2.05. The molecule has 1 amide bonds. The molecule has 0 saturated carbocycles. The topological polar surface area (TPSA) is 92.8 Å². The number of carbonyl (C=O) groups excluding carboxylic acids is 1. The van der Waals surface area contributed by atoms with Gasteiger partial charge in [-0.15, -0.1) is 5.10 Å². The number of aromatic nitrogens is 4. The third-order valence-corrected chi connectivity index (χ3v) is 2.27. The first-order valence-electron chi connectivity index (χ1n) is 4.42. The molecule has 0 spiro atoms. The molecule has 0 aromatic carbocycles. The highest BCUT2D eigenvalue weighted by molar-refractivity contribution is 5.72. The molecule has 2 aromatic rings. The van der Waals surface area contributed by atoms with Crippen molar-refractivity contribution in [2.45, 2.75) is 6.04 Å². The molecule has 1 aliphatic heterocycles. The number of fused-ring (bicyclic) bond motifs is 1. The number of nitrogens with zero attached hydrogens (tertiary/aromatic N) is 3. The van der Waals surface area contributed by atoms with Crippen LogP contribution in [0.2, 0.25) is 0 Å². The van der Waals surface area contributed by atoms with Gasteiger partial charge in [0, 0.05) is 6.20 Å². The minimum absolute atomic E-state index is 0.147. The van der Waals surface area contributed by atoms with Crippen LogP contribution in [0.4, 0.5) is 4.79 Å². The Morgan fingerprint density at radius 1 is 1.47 bits per heavy atom. The molecule has 2 N–H and O–H groups in total. The van der Waals surface area contributed by atoms with E-state index in [4.69, 9.17) is 4.74 Å². The smallest absolute Gasteiger partial charge is 0.407 e. The van der Waals surface area contributed by atoms with Gasteiger partial charge < -0.3 is 10.1 Å². The molecule has 0 aliphatic carbocycles. The second-order valence-corrected chi connectivity index (χ2v) is 3.23. The predicted octanol–water partition coefficient (Wildman–Crippen LogP) is 0.134. The van der Waals surface area contributed by atoms with E-state index >= 15 is 0 Å². The highest BCUT2D eigenvalue weighted by Crippen LogP contribution is 2.19. The van der Waals surface area contributed by atoms with Gasteiger partial charge >= 0.3 is 6.09 Å². The molecule has 76 valence electrons. The average Bonchev–Trinajstić information content (AvgIpc) is 2.84. The Hall–Kier alpha value is -2.18. The molecule has 0 bridgehead atoms. The number of pyridine rings is 1. The van der Waals surface area contributed by atoms with Crippen molar-refractivity contribution in [3.63, 3.8) is 0 Å². The third-order valence-electron chi connectivity index (χ3n) is 2.27. The fourth-order valence-electron chi connectivity index (χ4n) is 1.51. The summed E-state index contributed by atoms with van der Waals surface area (Å²) in [6.45, 7) is 0.323. The molecule has 15 heavy (non-hydrogen) atoms. The fraction of sp³-hybridized carbons (Fsp3) is 0.250. The van der Waals surface area contributed by atoms with Crippen molar-refractivity contribution in [2.75, 3.05) is 6.61 Å². The van der Waals surface area contributed by atoms with Crippen molar-refractivity contribution < 1.29 is 9.53 Å². The van der Waals surface area contributed by atoms with Crippen molar-refractivity contribution in [2.24, 2.45) is 0 Å². The number of nitrogens with one attached hydrogen (secondary N) is 2. The van der Waals surface area contributed by atoms with Gasteiger partial charge in [-0.05, 0) is 11.6 Å². The van der Waals surface area contributed by atoms with Crippen LogP contribution < -0.4 is 5.32 Å². The SMILES string of the molecule is O=C1NC(c2cnc3n[nH]nc3c2)CO1. The molecule has 3 heterocycles. The zero-order valence-electron chi connectivity index (χ0n) is 7.60. The van der Waals surface area contributed by atoms with Crippen LogP contribution in [-0.2, 0) is 4.74 Å². The second-order valence-electron chi connectivity index (χ2n) is 3.23. The van der Waals surface area contributed by atoms with E-state index in [-0.39, 0.29) is 6.04 Å². The lowest BCUT2D eigenvalue weighted by atomic mass is 10.1. The van der Waals surface area contributed by atoms with E-state index in [2.05, 4.69) is 25.7 Å². The molecular weight excluding hydrogens is 198 g/mol. The van der Waals surface area contributed by atoms with Crippen molar-refractivity contribution in [3.05, 3.63) is 17.8 Å². The van der Waals surface area contributed by atoms with Crippen molar-refractivity contribution in [3.8, 4) is 0 Å². The van der Waals surface area contributed by atoms with Gasteiger partial charge in [-0.3, -0.25) is 0 Å². The number of H-pyrrole nitrogens is 1. The Balaban J connectivity index is 2.00. The Morgan fingerprint density at radius 3 is 3.20 bits per heavy atom. The van der Waals surface area contributed by atoms with E-state index in [1.807, 2.05) is 6.07 Å². The number of hydrogen-bond acceptors (Lipinski definition) is 5. The summed E-state index contributed by atoms with van der Waals surface area (Å²) in [7, 11) is 0. The summed E-state index contributed by atoms with van der Waals surface area (Å²) in [5.41, 5.74) is 2.10. The molecule has 7 nitrogen and oxygen atoms in total. The molecule has 1 fully saturated rings. The fourth-order valence-corrected chi connectivity index (χ4v) is 1.51. The van der Waals surface area contributed by atoms with E-state index in [0.29, 0.717) is 17.8 Å². The summed E-state index contributed by atoms with van der Waals surface area (Å²) in [6.07, 6.45) is 1.25. The molecule has 1 saturated heterocycles. The van der Waals surface area contributed by atoms with Gasteiger partial charge in [0.25, 0.3) is 0 Å². The highest BCUT2D eigenvalue weighted by Gasteiger charge is 2.24. The predicted molar refractivity (Wildman–Crippen MR) is 48.9 cm³/mol. The first kappa shape index (κ1) is 8.16. The number of hydrogen-bond donors (Lipinski definition) is 2. The molecular formula is C8H7N5O2. The van der Waals surface area contributed by atoms with E-state index in [9.17, 15) is 4.79 Å². The van der Waals surface area contributed by atoms with E-state index in [1.54, 1.807) is 6.20 Å². The molecule has 1 atom stereocenters. The summed E-state index contributed by atoms with van der Waals surface area (Å²) in [5, 5.41) is 12.9. The van der Waals surface area contributed by atoms with Gasteiger partial charge in [0.1, 0.15) is 12.1 Å². The van der Waals surface area contributed by atoms with Gasteiger partial charge in [-0.25, -0.2) is 9.78 Å². The van der Waals surface area contributed by atoms with E-state index in [1.165, 1.54) is 0 Å². The van der Waals surface area contributed by atoms with Crippen LogP contribution in [-0.4, -0.2) is 33.1 Å². The molecule has 3 rings (SSSR count). The number of ether oxygens (including phenoxy) is 1. The van der Waals surface area contributed by atoms with Crippen LogP contribution >= 0.6 is 0 Å². The number of cyclic esters (lactones) is 1.